The molecular weight excluding hydrogens is 577 g/mol. The van der Waals surface area contributed by atoms with E-state index >= 15 is 0 Å². The van der Waals surface area contributed by atoms with Crippen LogP contribution in [0.5, 0.6) is 0 Å². The van der Waals surface area contributed by atoms with E-state index in [-0.39, 0.29) is 41.2 Å². The number of nitrogens with zero attached hydrogens (tertiary/aromatic N) is 1. The molecule has 4 N–H and O–H groups in total. The van der Waals surface area contributed by atoms with Gasteiger partial charge < -0.3 is 25.8 Å². The second-order valence-electron chi connectivity index (χ2n) is 13.5. The molecule has 1 aromatic carbocycles. The Kier molecular flexibility index (Phi) is 9.46. The Balaban J connectivity index is 1.41. The molecule has 242 valence electrons. The predicted octanol–water partition coefficient (Wildman–Crippen LogP) is 3.62. The van der Waals surface area contributed by atoms with Crippen molar-refractivity contribution in [2.75, 3.05) is 13.1 Å². The number of aromatic nitrogens is 1. The van der Waals surface area contributed by atoms with Crippen LogP contribution in [0.2, 0.25) is 0 Å². The first-order valence-corrected chi connectivity index (χ1v) is 16.0. The standard InChI is InChI=1S/C34H44FN5O5/c1-5-27(41)25(16-21-14-15-36-30(21)42)38-32(44)29-34(3,4)19(2)18-40(29)33(45)28(20-10-7-6-8-11-20)39-31(43)26-17-22-23(35)12-9-13-24(22)37-26/h5,9,12-13,17,19-21,25,28-29,37H,1,6-8,10-11,14-16,18H2,2-4H3,(H,36,42)(H,38,44)(H,39,43)/t19-,21+,25+,28+,29-/m1/s1. The quantitative estimate of drug-likeness (QED) is 0.300. The number of fused-ring (bicyclic) bond motifs is 1. The van der Waals surface area contributed by atoms with E-state index < -0.39 is 52.9 Å². The third-order valence-corrected chi connectivity index (χ3v) is 10.4. The number of amides is 4. The Morgan fingerprint density at radius 2 is 1.87 bits per heavy atom. The molecule has 11 heteroatoms. The molecule has 45 heavy (non-hydrogen) atoms. The van der Waals surface area contributed by atoms with E-state index in [0.29, 0.717) is 25.0 Å². The van der Waals surface area contributed by atoms with Gasteiger partial charge in [-0.25, -0.2) is 4.39 Å². The summed E-state index contributed by atoms with van der Waals surface area (Å²) in [7, 11) is 0. The monoisotopic (exact) mass is 621 g/mol. The van der Waals surface area contributed by atoms with Crippen molar-refractivity contribution < 1.29 is 28.4 Å². The Morgan fingerprint density at radius 1 is 1.13 bits per heavy atom. The van der Waals surface area contributed by atoms with Crippen LogP contribution >= 0.6 is 0 Å². The van der Waals surface area contributed by atoms with Crippen LogP contribution < -0.4 is 16.0 Å². The minimum atomic E-state index is -0.955. The molecule has 0 unspecified atom stereocenters. The third-order valence-electron chi connectivity index (χ3n) is 10.4. The average Bonchev–Trinajstić information content (AvgIpc) is 3.71. The van der Waals surface area contributed by atoms with E-state index in [2.05, 4.69) is 27.5 Å². The number of ketones is 1. The number of likely N-dealkylation sites (tertiary alicyclic amines) is 1. The van der Waals surface area contributed by atoms with Gasteiger partial charge in [0.2, 0.25) is 17.7 Å². The van der Waals surface area contributed by atoms with E-state index in [0.717, 1.165) is 38.2 Å². The number of halogens is 1. The lowest BCUT2D eigenvalue weighted by molar-refractivity contribution is -0.144. The van der Waals surface area contributed by atoms with Gasteiger partial charge in [0, 0.05) is 29.9 Å². The van der Waals surface area contributed by atoms with Crippen molar-refractivity contribution in [1.29, 1.82) is 0 Å². The summed E-state index contributed by atoms with van der Waals surface area (Å²) in [5.74, 6) is -2.95. The van der Waals surface area contributed by atoms with E-state index in [9.17, 15) is 28.4 Å². The van der Waals surface area contributed by atoms with Gasteiger partial charge in [0.05, 0.1) is 6.04 Å². The Hall–Kier alpha value is -4.02. The smallest absolute Gasteiger partial charge is 0.268 e. The Morgan fingerprint density at radius 3 is 2.51 bits per heavy atom. The lowest BCUT2D eigenvalue weighted by Gasteiger charge is -2.37. The maximum atomic E-state index is 14.5. The first-order valence-electron chi connectivity index (χ1n) is 16.0. The van der Waals surface area contributed by atoms with E-state index in [4.69, 9.17) is 0 Å². The van der Waals surface area contributed by atoms with Gasteiger partial charge in [0.1, 0.15) is 23.6 Å². The minimum absolute atomic E-state index is 0.0641. The molecule has 0 bridgehead atoms. The van der Waals surface area contributed by atoms with Gasteiger partial charge in [-0.15, -0.1) is 0 Å². The number of carbonyl (C=O) groups excluding carboxylic acids is 5. The zero-order valence-corrected chi connectivity index (χ0v) is 26.3. The first kappa shape index (κ1) is 32.4. The van der Waals surface area contributed by atoms with Gasteiger partial charge in [-0.1, -0.05) is 52.7 Å². The Bertz CT molecular complexity index is 1490. The van der Waals surface area contributed by atoms with Crippen molar-refractivity contribution in [3.8, 4) is 0 Å². The zero-order chi connectivity index (χ0) is 32.5. The third kappa shape index (κ3) is 6.53. The van der Waals surface area contributed by atoms with E-state index in [1.807, 2.05) is 20.8 Å². The summed E-state index contributed by atoms with van der Waals surface area (Å²) in [6.45, 7) is 10.2. The van der Waals surface area contributed by atoms with Crippen molar-refractivity contribution in [2.45, 2.75) is 83.8 Å². The van der Waals surface area contributed by atoms with Crippen LogP contribution in [0.25, 0.3) is 10.9 Å². The molecule has 0 spiro atoms. The summed E-state index contributed by atoms with van der Waals surface area (Å²) in [6, 6.07) is 3.25. The molecule has 3 aliphatic rings. The highest BCUT2D eigenvalue weighted by atomic mass is 19.1. The van der Waals surface area contributed by atoms with Crippen LogP contribution in [0, 0.1) is 29.0 Å². The highest BCUT2D eigenvalue weighted by molar-refractivity contribution is 6.02. The van der Waals surface area contributed by atoms with Gasteiger partial charge in [-0.05, 0) is 67.2 Å². The molecule has 2 aliphatic heterocycles. The molecule has 2 aromatic rings. The van der Waals surface area contributed by atoms with Crippen LogP contribution in [0.15, 0.2) is 36.9 Å². The van der Waals surface area contributed by atoms with Crippen molar-refractivity contribution >= 4 is 40.3 Å². The van der Waals surface area contributed by atoms with Crippen molar-refractivity contribution in [3.05, 3.63) is 48.4 Å². The normalized spacial score (nSPS) is 24.6. The zero-order valence-electron chi connectivity index (χ0n) is 26.3. The summed E-state index contributed by atoms with van der Waals surface area (Å²) >= 11 is 0. The van der Waals surface area contributed by atoms with Crippen molar-refractivity contribution in [2.24, 2.45) is 23.2 Å². The summed E-state index contributed by atoms with van der Waals surface area (Å²) in [5.41, 5.74) is -0.0247. The molecule has 1 saturated carbocycles. The second-order valence-corrected chi connectivity index (χ2v) is 13.5. The predicted molar refractivity (Wildman–Crippen MR) is 167 cm³/mol. The molecule has 4 amide bonds. The van der Waals surface area contributed by atoms with E-state index in [1.54, 1.807) is 17.0 Å². The van der Waals surface area contributed by atoms with Gasteiger partial charge in [0.25, 0.3) is 5.91 Å². The summed E-state index contributed by atoms with van der Waals surface area (Å²) < 4.78 is 14.4. The van der Waals surface area contributed by atoms with Crippen LogP contribution in [-0.2, 0) is 19.2 Å². The number of aromatic amines is 1. The van der Waals surface area contributed by atoms with Gasteiger partial charge in [-0.2, -0.15) is 0 Å². The summed E-state index contributed by atoms with van der Waals surface area (Å²) in [5, 5.41) is 8.87. The number of carbonyl (C=O) groups is 5. The van der Waals surface area contributed by atoms with Crippen LogP contribution in [0.1, 0.15) is 76.2 Å². The largest absolute Gasteiger partial charge is 0.356 e. The average molecular weight is 622 g/mol. The number of hydrogen-bond acceptors (Lipinski definition) is 5. The maximum absolute atomic E-state index is 14.5. The van der Waals surface area contributed by atoms with Crippen LogP contribution in [0.3, 0.4) is 0 Å². The molecule has 3 heterocycles. The van der Waals surface area contributed by atoms with Crippen molar-refractivity contribution in [1.82, 2.24) is 25.8 Å². The molecule has 5 atom stereocenters. The fourth-order valence-electron chi connectivity index (χ4n) is 7.28. The lowest BCUT2D eigenvalue weighted by Crippen LogP contribution is -2.59. The second kappa shape index (κ2) is 13.1. The maximum Gasteiger partial charge on any atom is 0.268 e. The first-order chi connectivity index (χ1) is 21.4. The van der Waals surface area contributed by atoms with Gasteiger partial charge in [-0.3, -0.25) is 24.0 Å². The fourth-order valence-corrected chi connectivity index (χ4v) is 7.28. The molecule has 0 radical (unpaired) electrons. The topological polar surface area (TPSA) is 140 Å². The van der Waals surface area contributed by atoms with Gasteiger partial charge >= 0.3 is 0 Å². The summed E-state index contributed by atoms with van der Waals surface area (Å²) in [4.78, 5) is 71.7. The van der Waals surface area contributed by atoms with Gasteiger partial charge in [0.15, 0.2) is 5.78 Å². The Labute approximate surface area is 262 Å². The number of benzene rings is 1. The molecule has 1 aromatic heterocycles. The van der Waals surface area contributed by atoms with E-state index in [1.165, 1.54) is 12.1 Å². The minimum Gasteiger partial charge on any atom is -0.356 e. The molecule has 3 fully saturated rings. The molecule has 2 saturated heterocycles. The SMILES string of the molecule is C=CC(=O)[C@H](C[C@@H]1CCNC1=O)NC(=O)[C@H]1N(C(=O)[C@@H](NC(=O)c2cc3c(F)cccc3[nH]2)C2CCCCC2)C[C@@H](C)C1(C)C. The molecule has 1 aliphatic carbocycles. The highest BCUT2D eigenvalue weighted by Crippen LogP contribution is 2.42. The number of nitrogens with one attached hydrogen (secondary N) is 4. The lowest BCUT2D eigenvalue weighted by atomic mass is 9.77. The molecular formula is C34H44FN5O5. The number of H-pyrrole nitrogens is 1. The van der Waals surface area contributed by atoms with Crippen molar-refractivity contribution in [3.63, 3.8) is 0 Å². The highest BCUT2D eigenvalue weighted by Gasteiger charge is 2.53. The van der Waals surface area contributed by atoms with Crippen LogP contribution in [0.4, 0.5) is 4.39 Å². The summed E-state index contributed by atoms with van der Waals surface area (Å²) in [6.07, 6.45) is 6.25. The van der Waals surface area contributed by atoms with Crippen LogP contribution in [-0.4, -0.2) is 70.5 Å². The molecule has 10 nitrogen and oxygen atoms in total. The fraction of sp³-hybridized carbons (Fsp3) is 0.559. The number of hydrogen-bond donors (Lipinski definition) is 4. The molecule has 5 rings (SSSR count). The number of rotatable bonds is 10.